The molecule has 6 nitrogen and oxygen atoms in total. The monoisotopic (exact) mass is 440 g/mol. The van der Waals surface area contributed by atoms with Gasteiger partial charge in [0.25, 0.3) is 10.0 Å². The molecule has 0 atom stereocenters. The third kappa shape index (κ3) is 5.93. The first-order chi connectivity index (χ1) is 14.8. The van der Waals surface area contributed by atoms with Crippen molar-refractivity contribution in [3.05, 3.63) is 89.8 Å². The Morgan fingerprint density at radius 2 is 1.68 bits per heavy atom. The summed E-state index contributed by atoms with van der Waals surface area (Å²) in [7, 11) is -2.24. The maximum absolute atomic E-state index is 13.8. The van der Waals surface area contributed by atoms with Gasteiger partial charge >= 0.3 is 0 Å². The number of benzene rings is 3. The van der Waals surface area contributed by atoms with Gasteiger partial charge in [0.05, 0.1) is 17.7 Å². The van der Waals surface area contributed by atoms with Gasteiger partial charge < -0.3 is 10.1 Å². The summed E-state index contributed by atoms with van der Waals surface area (Å²) >= 11 is 0. The largest absolute Gasteiger partial charge is 0.497 e. The number of nitrogens with one attached hydrogen (secondary N) is 2. The van der Waals surface area contributed by atoms with E-state index in [0.717, 1.165) is 5.56 Å². The van der Waals surface area contributed by atoms with E-state index < -0.39 is 21.7 Å². The van der Waals surface area contributed by atoms with Crippen LogP contribution in [0.3, 0.4) is 0 Å². The molecule has 160 valence electrons. The minimum Gasteiger partial charge on any atom is -0.497 e. The summed E-state index contributed by atoms with van der Waals surface area (Å²) in [6, 6.07) is 17.0. The van der Waals surface area contributed by atoms with Gasteiger partial charge in [-0.25, -0.2) is 12.8 Å². The van der Waals surface area contributed by atoms with Gasteiger partial charge in [-0.15, -0.1) is 0 Å². The van der Waals surface area contributed by atoms with E-state index in [2.05, 4.69) is 10.0 Å². The van der Waals surface area contributed by atoms with Crippen molar-refractivity contribution >= 4 is 33.4 Å². The molecule has 0 unspecified atom stereocenters. The van der Waals surface area contributed by atoms with Crippen molar-refractivity contribution in [1.29, 1.82) is 0 Å². The number of amides is 1. The summed E-state index contributed by atoms with van der Waals surface area (Å²) in [6.45, 7) is 1.75. The molecule has 0 spiro atoms. The van der Waals surface area contributed by atoms with Crippen LogP contribution in [0, 0.1) is 12.7 Å². The van der Waals surface area contributed by atoms with Crippen molar-refractivity contribution in [3.8, 4) is 5.75 Å². The van der Waals surface area contributed by atoms with Crippen molar-refractivity contribution < 1.29 is 22.3 Å². The first kappa shape index (κ1) is 22.0. The standard InChI is InChI=1S/C23H21FN2O4S/c1-16-3-13-22(21(24)15-16)25-23(27)14-6-17-4-11-20(12-5-17)31(28,29)26-18-7-9-19(30-2)10-8-18/h3-15,26H,1-2H3,(H,25,27)/b14-6+. The van der Waals surface area contributed by atoms with Crippen molar-refractivity contribution in [1.82, 2.24) is 0 Å². The lowest BCUT2D eigenvalue weighted by Crippen LogP contribution is -2.12. The highest BCUT2D eigenvalue weighted by atomic mass is 32.2. The van der Waals surface area contributed by atoms with Crippen LogP contribution in [0.5, 0.6) is 5.75 Å². The lowest BCUT2D eigenvalue weighted by molar-refractivity contribution is -0.111. The van der Waals surface area contributed by atoms with E-state index >= 15 is 0 Å². The summed E-state index contributed by atoms with van der Waals surface area (Å²) in [5.74, 6) is -0.394. The van der Waals surface area contributed by atoms with Crippen molar-refractivity contribution in [2.45, 2.75) is 11.8 Å². The fourth-order valence-electron chi connectivity index (χ4n) is 2.70. The highest BCUT2D eigenvalue weighted by Gasteiger charge is 2.14. The highest BCUT2D eigenvalue weighted by Crippen LogP contribution is 2.20. The van der Waals surface area contributed by atoms with E-state index in [0.29, 0.717) is 17.0 Å². The van der Waals surface area contributed by atoms with Gasteiger partial charge in [-0.1, -0.05) is 18.2 Å². The molecule has 0 saturated carbocycles. The molecule has 0 aliphatic carbocycles. The lowest BCUT2D eigenvalue weighted by atomic mass is 10.2. The number of aryl methyl sites for hydroxylation is 1. The predicted octanol–water partition coefficient (Wildman–Crippen LogP) is 4.60. The SMILES string of the molecule is COc1ccc(NS(=O)(=O)c2ccc(/C=C/C(=O)Nc3ccc(C)cc3F)cc2)cc1. The molecule has 0 aliphatic heterocycles. The Balaban J connectivity index is 1.65. The Bertz CT molecular complexity index is 1210. The molecule has 3 rings (SSSR count). The first-order valence-corrected chi connectivity index (χ1v) is 10.8. The van der Waals surface area contributed by atoms with Crippen molar-refractivity contribution in [2.24, 2.45) is 0 Å². The number of anilines is 2. The number of carbonyl (C=O) groups excluding carboxylic acids is 1. The highest BCUT2D eigenvalue weighted by molar-refractivity contribution is 7.92. The van der Waals surface area contributed by atoms with Gasteiger partial charge in [0.2, 0.25) is 5.91 Å². The second-order valence-corrected chi connectivity index (χ2v) is 8.39. The second kappa shape index (κ2) is 9.44. The van der Waals surface area contributed by atoms with Gasteiger partial charge in [-0.3, -0.25) is 9.52 Å². The van der Waals surface area contributed by atoms with Crippen LogP contribution in [0.4, 0.5) is 15.8 Å². The Kier molecular flexibility index (Phi) is 6.71. The maximum atomic E-state index is 13.8. The summed E-state index contributed by atoms with van der Waals surface area (Å²) in [4.78, 5) is 12.1. The molecule has 31 heavy (non-hydrogen) atoms. The smallest absolute Gasteiger partial charge is 0.261 e. The topological polar surface area (TPSA) is 84.5 Å². The summed E-state index contributed by atoms with van der Waals surface area (Å²) < 4.78 is 46.4. The Labute approximate surface area is 180 Å². The van der Waals surface area contributed by atoms with Gasteiger partial charge in [0, 0.05) is 11.8 Å². The zero-order chi connectivity index (χ0) is 22.4. The number of rotatable bonds is 7. The molecule has 0 saturated heterocycles. The van der Waals surface area contributed by atoms with Gasteiger partial charge in [0.1, 0.15) is 11.6 Å². The second-order valence-electron chi connectivity index (χ2n) is 6.71. The van der Waals surface area contributed by atoms with Crippen LogP contribution in [0.2, 0.25) is 0 Å². The van der Waals surface area contributed by atoms with E-state index in [1.165, 1.54) is 43.5 Å². The maximum Gasteiger partial charge on any atom is 0.261 e. The molecule has 3 aromatic rings. The third-order valence-electron chi connectivity index (χ3n) is 4.34. The van der Waals surface area contributed by atoms with Gasteiger partial charge in [0.15, 0.2) is 0 Å². The molecule has 1 amide bonds. The fraction of sp³-hybridized carbons (Fsp3) is 0.0870. The molecular formula is C23H21FN2O4S. The Hall–Kier alpha value is -3.65. The summed E-state index contributed by atoms with van der Waals surface area (Å²) in [6.07, 6.45) is 2.76. The zero-order valence-electron chi connectivity index (χ0n) is 16.9. The molecule has 0 radical (unpaired) electrons. The number of halogens is 1. The number of carbonyl (C=O) groups is 1. The van der Waals surface area contributed by atoms with Crippen LogP contribution in [-0.2, 0) is 14.8 Å². The van der Waals surface area contributed by atoms with Crippen LogP contribution in [0.1, 0.15) is 11.1 Å². The molecule has 8 heteroatoms. The Morgan fingerprint density at radius 3 is 2.29 bits per heavy atom. The molecule has 0 fully saturated rings. The van der Waals surface area contributed by atoms with E-state index in [1.807, 2.05) is 0 Å². The minimum atomic E-state index is -3.77. The average Bonchev–Trinajstić information content (AvgIpc) is 2.75. The number of hydrogen-bond acceptors (Lipinski definition) is 4. The number of ether oxygens (including phenoxy) is 1. The van der Waals surface area contributed by atoms with Crippen LogP contribution in [0.25, 0.3) is 6.08 Å². The van der Waals surface area contributed by atoms with Crippen molar-refractivity contribution in [3.63, 3.8) is 0 Å². The fourth-order valence-corrected chi connectivity index (χ4v) is 3.76. The molecule has 0 aromatic heterocycles. The average molecular weight is 440 g/mol. The van der Waals surface area contributed by atoms with Crippen molar-refractivity contribution in [2.75, 3.05) is 17.1 Å². The molecule has 3 aromatic carbocycles. The lowest BCUT2D eigenvalue weighted by Gasteiger charge is -2.09. The van der Waals surface area contributed by atoms with Gasteiger partial charge in [-0.2, -0.15) is 0 Å². The number of sulfonamides is 1. The number of hydrogen-bond donors (Lipinski definition) is 2. The molecule has 2 N–H and O–H groups in total. The van der Waals surface area contributed by atoms with E-state index in [1.54, 1.807) is 49.4 Å². The van der Waals surface area contributed by atoms with Crippen LogP contribution >= 0.6 is 0 Å². The first-order valence-electron chi connectivity index (χ1n) is 9.29. The molecule has 0 aliphatic rings. The number of methoxy groups -OCH3 is 1. The van der Waals surface area contributed by atoms with Crippen LogP contribution in [-0.4, -0.2) is 21.4 Å². The summed E-state index contributed by atoms with van der Waals surface area (Å²) in [5.41, 5.74) is 1.86. The van der Waals surface area contributed by atoms with Crippen LogP contribution < -0.4 is 14.8 Å². The zero-order valence-corrected chi connectivity index (χ0v) is 17.7. The van der Waals surface area contributed by atoms with E-state index in [9.17, 15) is 17.6 Å². The third-order valence-corrected chi connectivity index (χ3v) is 5.74. The van der Waals surface area contributed by atoms with Crippen LogP contribution in [0.15, 0.2) is 77.7 Å². The normalized spacial score (nSPS) is 11.3. The quantitative estimate of drug-likeness (QED) is 0.526. The van der Waals surface area contributed by atoms with Gasteiger partial charge in [-0.05, 0) is 72.7 Å². The van der Waals surface area contributed by atoms with E-state index in [4.69, 9.17) is 4.74 Å². The summed E-state index contributed by atoms with van der Waals surface area (Å²) in [5, 5.41) is 2.46. The van der Waals surface area contributed by atoms with E-state index in [-0.39, 0.29) is 10.6 Å². The molecule has 0 bridgehead atoms. The predicted molar refractivity (Wildman–Crippen MR) is 119 cm³/mol. The molecule has 0 heterocycles. The minimum absolute atomic E-state index is 0.0756. The molecular weight excluding hydrogens is 419 g/mol. The Morgan fingerprint density at radius 1 is 1.00 bits per heavy atom.